The van der Waals surface area contributed by atoms with Gasteiger partial charge in [0.25, 0.3) is 0 Å². The molecule has 0 radical (unpaired) electrons. The third-order valence-corrected chi connectivity index (χ3v) is 5.03. The van der Waals surface area contributed by atoms with Gasteiger partial charge in [-0.1, -0.05) is 65.8 Å². The van der Waals surface area contributed by atoms with Crippen molar-refractivity contribution in [1.29, 1.82) is 0 Å². The Bertz CT molecular complexity index is 773. The highest BCUT2D eigenvalue weighted by atomic mass is 16.6. The van der Waals surface area contributed by atoms with E-state index in [-0.39, 0.29) is 17.9 Å². The Morgan fingerprint density at radius 2 is 1.80 bits per heavy atom. The van der Waals surface area contributed by atoms with Gasteiger partial charge in [-0.15, -0.1) is 0 Å². The SMILES string of the molecule is CN(C[C@@H]1CC(c2ccccc2)=NO1)C(=O)[C@H]1C[C@H]1c1ccccc1. The fourth-order valence-corrected chi connectivity index (χ4v) is 3.54. The number of hydrogen-bond donors (Lipinski definition) is 0. The highest BCUT2D eigenvalue weighted by Crippen LogP contribution is 2.48. The number of oxime groups is 1. The number of likely N-dealkylation sites (N-methyl/N-ethyl adjacent to an activating group) is 1. The maximum absolute atomic E-state index is 12.7. The van der Waals surface area contributed by atoms with Crippen molar-refractivity contribution < 1.29 is 9.63 Å². The van der Waals surface area contributed by atoms with Gasteiger partial charge in [-0.3, -0.25) is 4.79 Å². The van der Waals surface area contributed by atoms with Crippen molar-refractivity contribution in [2.24, 2.45) is 11.1 Å². The lowest BCUT2D eigenvalue weighted by atomic mass is 10.0. The van der Waals surface area contributed by atoms with Gasteiger partial charge in [0.2, 0.25) is 5.91 Å². The molecule has 0 aromatic heterocycles. The summed E-state index contributed by atoms with van der Waals surface area (Å²) in [5.41, 5.74) is 3.31. The second kappa shape index (κ2) is 6.71. The zero-order chi connectivity index (χ0) is 17.2. The minimum Gasteiger partial charge on any atom is -0.390 e. The predicted octanol–water partition coefficient (Wildman–Crippen LogP) is 3.44. The van der Waals surface area contributed by atoms with Gasteiger partial charge in [0.15, 0.2) is 6.10 Å². The zero-order valence-corrected chi connectivity index (χ0v) is 14.3. The summed E-state index contributed by atoms with van der Waals surface area (Å²) in [4.78, 5) is 20.0. The molecular weight excluding hydrogens is 312 g/mol. The van der Waals surface area contributed by atoms with Crippen LogP contribution in [0.3, 0.4) is 0 Å². The lowest BCUT2D eigenvalue weighted by molar-refractivity contribution is -0.132. The molecule has 0 spiro atoms. The maximum Gasteiger partial charge on any atom is 0.226 e. The molecule has 128 valence electrons. The van der Waals surface area contributed by atoms with Gasteiger partial charge in [0, 0.05) is 19.4 Å². The summed E-state index contributed by atoms with van der Waals surface area (Å²) in [7, 11) is 1.87. The summed E-state index contributed by atoms with van der Waals surface area (Å²) in [5, 5.41) is 4.20. The number of hydrogen-bond acceptors (Lipinski definition) is 3. The fraction of sp³-hybridized carbons (Fsp3) is 0.333. The standard InChI is InChI=1S/C21H22N2O2/c1-23(21(24)19-13-18(19)15-8-4-2-5-9-15)14-17-12-20(22-25-17)16-10-6-3-7-11-16/h2-11,17-19H,12-14H2,1H3/t17-,18-,19-/m0/s1. The van der Waals surface area contributed by atoms with Crippen molar-refractivity contribution in [1.82, 2.24) is 4.90 Å². The summed E-state index contributed by atoms with van der Waals surface area (Å²) >= 11 is 0. The Balaban J connectivity index is 1.30. The van der Waals surface area contributed by atoms with Crippen LogP contribution in [-0.2, 0) is 9.63 Å². The molecule has 1 saturated carbocycles. The van der Waals surface area contributed by atoms with Gasteiger partial charge in [0.1, 0.15) is 0 Å². The molecule has 1 aliphatic heterocycles. The third kappa shape index (κ3) is 3.43. The van der Waals surface area contributed by atoms with Crippen LogP contribution < -0.4 is 0 Å². The van der Waals surface area contributed by atoms with Crippen LogP contribution in [0.5, 0.6) is 0 Å². The number of rotatable bonds is 5. The molecule has 25 heavy (non-hydrogen) atoms. The van der Waals surface area contributed by atoms with E-state index in [0.29, 0.717) is 12.5 Å². The van der Waals surface area contributed by atoms with Gasteiger partial charge in [-0.2, -0.15) is 0 Å². The summed E-state index contributed by atoms with van der Waals surface area (Å²) in [5.74, 6) is 0.700. The predicted molar refractivity (Wildman–Crippen MR) is 97.4 cm³/mol. The highest BCUT2D eigenvalue weighted by Gasteiger charge is 2.45. The average molecular weight is 334 g/mol. The van der Waals surface area contributed by atoms with Crippen LogP contribution in [0.15, 0.2) is 65.8 Å². The summed E-state index contributed by atoms with van der Waals surface area (Å²) in [6, 6.07) is 20.4. The maximum atomic E-state index is 12.7. The average Bonchev–Trinajstić information content (AvgIpc) is 3.33. The highest BCUT2D eigenvalue weighted by molar-refractivity contribution is 6.01. The minimum absolute atomic E-state index is 0.0573. The molecular formula is C21H22N2O2. The Hall–Kier alpha value is -2.62. The molecule has 2 aromatic rings. The first-order chi connectivity index (χ1) is 12.2. The molecule has 4 rings (SSSR count). The van der Waals surface area contributed by atoms with Crippen LogP contribution in [0.2, 0.25) is 0 Å². The minimum atomic E-state index is -0.0573. The number of nitrogens with zero attached hydrogens (tertiary/aromatic N) is 2. The number of carbonyl (C=O) groups is 1. The number of carbonyl (C=O) groups excluding carboxylic acids is 1. The van der Waals surface area contributed by atoms with E-state index in [2.05, 4.69) is 17.3 Å². The number of amides is 1. The Labute approximate surface area is 148 Å². The summed E-state index contributed by atoms with van der Waals surface area (Å²) in [6.45, 7) is 0.580. The van der Waals surface area contributed by atoms with Crippen LogP contribution in [0, 0.1) is 5.92 Å². The van der Waals surface area contributed by atoms with E-state index in [0.717, 1.165) is 24.1 Å². The van der Waals surface area contributed by atoms with Crippen LogP contribution in [0.1, 0.15) is 29.9 Å². The first-order valence-corrected chi connectivity index (χ1v) is 8.80. The molecule has 1 amide bonds. The van der Waals surface area contributed by atoms with Gasteiger partial charge in [-0.05, 0) is 23.5 Å². The first-order valence-electron chi connectivity index (χ1n) is 8.80. The molecule has 0 unspecified atom stereocenters. The molecule has 3 atom stereocenters. The number of benzene rings is 2. The normalized spacial score (nSPS) is 24.4. The fourth-order valence-electron chi connectivity index (χ4n) is 3.54. The van der Waals surface area contributed by atoms with E-state index in [1.54, 1.807) is 0 Å². The molecule has 2 aromatic carbocycles. The molecule has 2 aliphatic rings. The van der Waals surface area contributed by atoms with E-state index in [4.69, 9.17) is 4.84 Å². The van der Waals surface area contributed by atoms with E-state index in [1.165, 1.54) is 5.56 Å². The Morgan fingerprint density at radius 1 is 1.12 bits per heavy atom. The van der Waals surface area contributed by atoms with E-state index in [1.807, 2.05) is 60.5 Å². The molecule has 0 saturated heterocycles. The molecule has 1 heterocycles. The van der Waals surface area contributed by atoms with Crippen LogP contribution in [0.25, 0.3) is 0 Å². The van der Waals surface area contributed by atoms with Crippen molar-refractivity contribution in [3.05, 3.63) is 71.8 Å². The Morgan fingerprint density at radius 3 is 2.52 bits per heavy atom. The molecule has 4 nitrogen and oxygen atoms in total. The van der Waals surface area contributed by atoms with Crippen molar-refractivity contribution in [3.8, 4) is 0 Å². The van der Waals surface area contributed by atoms with Crippen molar-refractivity contribution in [2.45, 2.75) is 24.9 Å². The lowest BCUT2D eigenvalue weighted by Gasteiger charge is -2.20. The second-order valence-corrected chi connectivity index (χ2v) is 6.91. The van der Waals surface area contributed by atoms with Gasteiger partial charge in [-0.25, -0.2) is 0 Å². The van der Waals surface area contributed by atoms with E-state index in [9.17, 15) is 4.79 Å². The zero-order valence-electron chi connectivity index (χ0n) is 14.3. The smallest absolute Gasteiger partial charge is 0.226 e. The van der Waals surface area contributed by atoms with Crippen molar-refractivity contribution in [2.75, 3.05) is 13.6 Å². The van der Waals surface area contributed by atoms with Crippen LogP contribution >= 0.6 is 0 Å². The molecule has 1 fully saturated rings. The third-order valence-electron chi connectivity index (χ3n) is 5.03. The van der Waals surface area contributed by atoms with Crippen LogP contribution in [0.4, 0.5) is 0 Å². The van der Waals surface area contributed by atoms with Crippen LogP contribution in [-0.4, -0.2) is 36.2 Å². The molecule has 0 N–H and O–H groups in total. The largest absolute Gasteiger partial charge is 0.390 e. The van der Waals surface area contributed by atoms with Gasteiger partial charge < -0.3 is 9.74 Å². The van der Waals surface area contributed by atoms with Crippen molar-refractivity contribution in [3.63, 3.8) is 0 Å². The van der Waals surface area contributed by atoms with Crippen molar-refractivity contribution >= 4 is 11.6 Å². The monoisotopic (exact) mass is 334 g/mol. The topological polar surface area (TPSA) is 41.9 Å². The Kier molecular flexibility index (Phi) is 4.26. The lowest BCUT2D eigenvalue weighted by Crippen LogP contribution is -2.35. The molecule has 4 heteroatoms. The molecule has 1 aliphatic carbocycles. The quantitative estimate of drug-likeness (QED) is 0.840. The second-order valence-electron chi connectivity index (χ2n) is 6.91. The summed E-state index contributed by atoms with van der Waals surface area (Å²) < 4.78 is 0. The summed E-state index contributed by atoms with van der Waals surface area (Å²) in [6.07, 6.45) is 1.64. The molecule has 0 bridgehead atoms. The van der Waals surface area contributed by atoms with Gasteiger partial charge in [0.05, 0.1) is 12.3 Å². The van der Waals surface area contributed by atoms with E-state index >= 15 is 0 Å². The van der Waals surface area contributed by atoms with Gasteiger partial charge >= 0.3 is 0 Å². The first kappa shape index (κ1) is 15.9. The van der Waals surface area contributed by atoms with E-state index < -0.39 is 0 Å².